The Labute approximate surface area is 152 Å². The van der Waals surface area contributed by atoms with Gasteiger partial charge in [0.1, 0.15) is 0 Å². The van der Waals surface area contributed by atoms with Crippen molar-refractivity contribution in [2.75, 3.05) is 13.1 Å². The number of hydrogen-bond acceptors (Lipinski definition) is 3. The van der Waals surface area contributed by atoms with E-state index in [0.717, 1.165) is 16.7 Å². The summed E-state index contributed by atoms with van der Waals surface area (Å²) < 4.78 is 0. The van der Waals surface area contributed by atoms with Crippen LogP contribution in [0.4, 0.5) is 0 Å². The van der Waals surface area contributed by atoms with Gasteiger partial charge in [-0.05, 0) is 23.1 Å². The molecule has 2 saturated heterocycles. The molecule has 5 heteroatoms. The van der Waals surface area contributed by atoms with Crippen molar-refractivity contribution in [2.24, 2.45) is 5.41 Å². The Bertz CT molecular complexity index is 861. The molecule has 1 unspecified atom stereocenters. The van der Waals surface area contributed by atoms with E-state index in [-0.39, 0.29) is 24.1 Å². The minimum absolute atomic E-state index is 0.00138. The van der Waals surface area contributed by atoms with Gasteiger partial charge in [-0.25, -0.2) is 0 Å². The molecule has 5 nitrogen and oxygen atoms in total. The van der Waals surface area contributed by atoms with E-state index in [0.29, 0.717) is 25.9 Å². The van der Waals surface area contributed by atoms with Gasteiger partial charge in [-0.1, -0.05) is 54.6 Å². The molecule has 2 aliphatic heterocycles. The number of nitrogens with zero attached hydrogens (tertiary/aromatic N) is 1. The summed E-state index contributed by atoms with van der Waals surface area (Å²) in [5, 5.41) is 2.36. The van der Waals surface area contributed by atoms with E-state index >= 15 is 0 Å². The molecular formula is C21H20N2O3. The fourth-order valence-corrected chi connectivity index (χ4v) is 3.84. The van der Waals surface area contributed by atoms with Crippen LogP contribution >= 0.6 is 0 Å². The Hall–Kier alpha value is -2.95. The van der Waals surface area contributed by atoms with Gasteiger partial charge in [0.25, 0.3) is 0 Å². The lowest BCUT2D eigenvalue weighted by atomic mass is 9.85. The highest BCUT2D eigenvalue weighted by atomic mass is 16.2. The minimum atomic E-state index is -0.704. The number of rotatable bonds is 3. The first-order chi connectivity index (χ1) is 12.6. The molecular weight excluding hydrogens is 328 g/mol. The van der Waals surface area contributed by atoms with Crippen LogP contribution in [0.3, 0.4) is 0 Å². The molecule has 0 bridgehead atoms. The van der Waals surface area contributed by atoms with Crippen LogP contribution in [0, 0.1) is 5.41 Å². The maximum absolute atomic E-state index is 12.6. The summed E-state index contributed by atoms with van der Waals surface area (Å²) in [7, 11) is 0. The Kier molecular flexibility index (Phi) is 4.07. The molecule has 0 saturated carbocycles. The average molecular weight is 348 g/mol. The Morgan fingerprint density at radius 2 is 1.69 bits per heavy atom. The highest BCUT2D eigenvalue weighted by Crippen LogP contribution is 2.37. The SMILES string of the molecule is O=C1CC2(CCN(C(=O)Cc3ccc(-c4ccccc4)cc3)C2)C(=O)N1. The Morgan fingerprint density at radius 3 is 2.35 bits per heavy atom. The normalized spacial score (nSPS) is 22.1. The molecule has 3 amide bonds. The highest BCUT2D eigenvalue weighted by molar-refractivity contribution is 6.06. The topological polar surface area (TPSA) is 66.5 Å². The smallest absolute Gasteiger partial charge is 0.235 e. The van der Waals surface area contributed by atoms with E-state index in [2.05, 4.69) is 17.4 Å². The zero-order valence-electron chi connectivity index (χ0n) is 14.4. The van der Waals surface area contributed by atoms with Gasteiger partial charge in [0.15, 0.2) is 0 Å². The van der Waals surface area contributed by atoms with Gasteiger partial charge >= 0.3 is 0 Å². The second-order valence-corrected chi connectivity index (χ2v) is 7.14. The van der Waals surface area contributed by atoms with Crippen LogP contribution in [-0.4, -0.2) is 35.7 Å². The minimum Gasteiger partial charge on any atom is -0.341 e. The standard InChI is InChI=1S/C21H20N2O3/c24-18-13-21(20(26)22-18)10-11-23(14-21)19(25)12-15-6-8-17(9-7-15)16-4-2-1-3-5-16/h1-9H,10-14H2,(H,22,24,26). The predicted octanol–water partition coefficient (Wildman–Crippen LogP) is 2.16. The molecule has 1 spiro atoms. The lowest BCUT2D eigenvalue weighted by Crippen LogP contribution is -2.37. The van der Waals surface area contributed by atoms with Gasteiger partial charge in [0.2, 0.25) is 17.7 Å². The second kappa shape index (κ2) is 6.41. The van der Waals surface area contributed by atoms with Crippen molar-refractivity contribution >= 4 is 17.7 Å². The summed E-state index contributed by atoms with van der Waals surface area (Å²) in [4.78, 5) is 37.9. The van der Waals surface area contributed by atoms with E-state index in [1.165, 1.54) is 0 Å². The summed E-state index contributed by atoms with van der Waals surface area (Å²) in [5.74, 6) is -0.465. The molecule has 2 aromatic carbocycles. The van der Waals surface area contributed by atoms with Gasteiger partial charge < -0.3 is 4.90 Å². The Balaban J connectivity index is 1.41. The fraction of sp³-hybridized carbons (Fsp3) is 0.286. The van der Waals surface area contributed by atoms with E-state index < -0.39 is 5.41 Å². The van der Waals surface area contributed by atoms with Gasteiger partial charge in [0.05, 0.1) is 11.8 Å². The summed E-state index contributed by atoms with van der Waals surface area (Å²) in [6.45, 7) is 0.868. The van der Waals surface area contributed by atoms with E-state index in [4.69, 9.17) is 0 Å². The number of benzene rings is 2. The number of hydrogen-bond donors (Lipinski definition) is 1. The molecule has 26 heavy (non-hydrogen) atoms. The first kappa shape index (κ1) is 16.5. The quantitative estimate of drug-likeness (QED) is 0.865. The third-order valence-electron chi connectivity index (χ3n) is 5.36. The molecule has 0 aromatic heterocycles. The first-order valence-corrected chi connectivity index (χ1v) is 8.82. The molecule has 0 radical (unpaired) electrons. The fourth-order valence-electron chi connectivity index (χ4n) is 3.84. The molecule has 2 heterocycles. The zero-order chi connectivity index (χ0) is 18.1. The lowest BCUT2D eigenvalue weighted by molar-refractivity contribution is -0.131. The van der Waals surface area contributed by atoms with Crippen LogP contribution in [0.15, 0.2) is 54.6 Å². The summed E-state index contributed by atoms with van der Waals surface area (Å²) in [6, 6.07) is 18.1. The molecule has 0 aliphatic carbocycles. The van der Waals surface area contributed by atoms with E-state index in [1.807, 2.05) is 42.5 Å². The third kappa shape index (κ3) is 3.01. The summed E-state index contributed by atoms with van der Waals surface area (Å²) >= 11 is 0. The summed E-state index contributed by atoms with van der Waals surface area (Å²) in [5.41, 5.74) is 2.50. The number of carbonyl (C=O) groups excluding carboxylic acids is 3. The summed E-state index contributed by atoms with van der Waals surface area (Å²) in [6.07, 6.45) is 1.06. The molecule has 132 valence electrons. The van der Waals surface area contributed by atoms with Gasteiger partial charge in [-0.15, -0.1) is 0 Å². The van der Waals surface area contributed by atoms with Crippen molar-refractivity contribution < 1.29 is 14.4 Å². The lowest BCUT2D eigenvalue weighted by Gasteiger charge is -2.20. The molecule has 1 N–H and O–H groups in total. The van der Waals surface area contributed by atoms with Crippen LogP contribution < -0.4 is 5.32 Å². The number of imide groups is 1. The van der Waals surface area contributed by atoms with Crippen LogP contribution in [0.2, 0.25) is 0 Å². The van der Waals surface area contributed by atoms with Crippen molar-refractivity contribution in [3.63, 3.8) is 0 Å². The molecule has 2 aromatic rings. The zero-order valence-corrected chi connectivity index (χ0v) is 14.4. The highest BCUT2D eigenvalue weighted by Gasteiger charge is 2.51. The maximum Gasteiger partial charge on any atom is 0.235 e. The average Bonchev–Trinajstić information content (AvgIpc) is 3.20. The number of amides is 3. The maximum atomic E-state index is 12.6. The van der Waals surface area contributed by atoms with Crippen molar-refractivity contribution in [1.82, 2.24) is 10.2 Å². The Morgan fingerprint density at radius 1 is 1.00 bits per heavy atom. The van der Waals surface area contributed by atoms with Crippen LogP contribution in [0.25, 0.3) is 11.1 Å². The second-order valence-electron chi connectivity index (χ2n) is 7.14. The number of nitrogens with one attached hydrogen (secondary N) is 1. The van der Waals surface area contributed by atoms with Crippen molar-refractivity contribution in [2.45, 2.75) is 19.3 Å². The monoisotopic (exact) mass is 348 g/mol. The predicted molar refractivity (Wildman–Crippen MR) is 97.0 cm³/mol. The van der Waals surface area contributed by atoms with E-state index in [1.54, 1.807) is 4.90 Å². The van der Waals surface area contributed by atoms with Crippen molar-refractivity contribution in [1.29, 1.82) is 0 Å². The van der Waals surface area contributed by atoms with Crippen molar-refractivity contribution in [3.05, 3.63) is 60.2 Å². The number of carbonyl (C=O) groups is 3. The van der Waals surface area contributed by atoms with E-state index in [9.17, 15) is 14.4 Å². The van der Waals surface area contributed by atoms with Gasteiger partial charge in [-0.2, -0.15) is 0 Å². The first-order valence-electron chi connectivity index (χ1n) is 8.82. The largest absolute Gasteiger partial charge is 0.341 e. The molecule has 2 aliphatic rings. The van der Waals surface area contributed by atoms with Crippen LogP contribution in [0.5, 0.6) is 0 Å². The third-order valence-corrected chi connectivity index (χ3v) is 5.36. The van der Waals surface area contributed by atoms with Crippen molar-refractivity contribution in [3.8, 4) is 11.1 Å². The van der Waals surface area contributed by atoms with Gasteiger partial charge in [0, 0.05) is 19.5 Å². The van der Waals surface area contributed by atoms with Gasteiger partial charge in [-0.3, -0.25) is 19.7 Å². The van der Waals surface area contributed by atoms with Crippen LogP contribution in [0.1, 0.15) is 18.4 Å². The number of likely N-dealkylation sites (tertiary alicyclic amines) is 1. The molecule has 1 atom stereocenters. The molecule has 4 rings (SSSR count). The van der Waals surface area contributed by atoms with Crippen LogP contribution in [-0.2, 0) is 20.8 Å². The molecule has 2 fully saturated rings.